The number of esters is 1. The number of carbonyl (C=O) groups excluding carboxylic acids is 1. The predicted molar refractivity (Wildman–Crippen MR) is 91.9 cm³/mol. The Morgan fingerprint density at radius 1 is 0.682 bits per heavy atom. The Labute approximate surface area is 137 Å². The monoisotopic (exact) mass is 316 g/mol. The predicted octanol–water partition coefficient (Wildman–Crippen LogP) is 6.37. The van der Waals surface area contributed by atoms with Gasteiger partial charge in [0.1, 0.15) is 0 Å². The Morgan fingerprint density at radius 3 is 1.41 bits per heavy atom. The van der Waals surface area contributed by atoms with Gasteiger partial charge in [0.2, 0.25) is 0 Å². The van der Waals surface area contributed by atoms with Crippen LogP contribution in [0.15, 0.2) is 0 Å². The molecule has 0 atom stereocenters. The van der Waals surface area contributed by atoms with E-state index in [2.05, 4.69) is 0 Å². The summed E-state index contributed by atoms with van der Waals surface area (Å²) in [6.07, 6.45) is 17.6. The van der Waals surface area contributed by atoms with Crippen LogP contribution in [0.3, 0.4) is 0 Å². The van der Waals surface area contributed by atoms with Crippen LogP contribution in [0.4, 0.5) is 4.39 Å². The molecular weight excluding hydrogens is 279 g/mol. The molecule has 0 aliphatic carbocycles. The van der Waals surface area contributed by atoms with Crippen LogP contribution in [-0.4, -0.2) is 19.3 Å². The number of ether oxygens (including phenoxy) is 1. The van der Waals surface area contributed by atoms with Crippen molar-refractivity contribution in [3.63, 3.8) is 0 Å². The van der Waals surface area contributed by atoms with Crippen molar-refractivity contribution in [2.45, 2.75) is 103 Å². The van der Waals surface area contributed by atoms with Crippen molar-refractivity contribution in [3.05, 3.63) is 0 Å². The van der Waals surface area contributed by atoms with Crippen LogP contribution in [0.2, 0.25) is 0 Å². The first-order valence-electron chi connectivity index (χ1n) is 9.52. The van der Waals surface area contributed by atoms with Crippen LogP contribution in [0.1, 0.15) is 103 Å². The molecule has 0 heterocycles. The third kappa shape index (κ3) is 17.5. The second-order valence-electron chi connectivity index (χ2n) is 6.19. The summed E-state index contributed by atoms with van der Waals surface area (Å²) in [6, 6.07) is 0. The molecular formula is C19H37FO2. The maximum atomic E-state index is 11.9. The first-order valence-corrected chi connectivity index (χ1v) is 9.52. The van der Waals surface area contributed by atoms with Crippen molar-refractivity contribution in [1.29, 1.82) is 0 Å². The summed E-state index contributed by atoms with van der Waals surface area (Å²) in [5.74, 6) is -0.0489. The summed E-state index contributed by atoms with van der Waals surface area (Å²) >= 11 is 0. The smallest absolute Gasteiger partial charge is 0.305 e. The maximum Gasteiger partial charge on any atom is 0.305 e. The number of hydrogen-bond donors (Lipinski definition) is 0. The Morgan fingerprint density at radius 2 is 1.05 bits per heavy atom. The molecule has 0 aliphatic heterocycles. The minimum atomic E-state index is -0.150. The summed E-state index contributed by atoms with van der Waals surface area (Å²) in [7, 11) is 0. The molecule has 0 aromatic rings. The van der Waals surface area contributed by atoms with Gasteiger partial charge in [-0.05, 0) is 19.8 Å². The van der Waals surface area contributed by atoms with Crippen LogP contribution in [0, 0.1) is 0 Å². The largest absolute Gasteiger partial charge is 0.466 e. The number of halogens is 1. The fraction of sp³-hybridized carbons (Fsp3) is 0.947. The molecule has 0 aliphatic rings. The van der Waals surface area contributed by atoms with E-state index in [4.69, 9.17) is 4.74 Å². The van der Waals surface area contributed by atoms with Gasteiger partial charge in [-0.2, -0.15) is 0 Å². The van der Waals surface area contributed by atoms with E-state index in [0.717, 1.165) is 25.7 Å². The molecule has 0 spiro atoms. The van der Waals surface area contributed by atoms with E-state index in [1.807, 2.05) is 6.92 Å². The summed E-state index contributed by atoms with van der Waals surface area (Å²) in [6.45, 7) is 2.20. The molecule has 0 saturated heterocycles. The van der Waals surface area contributed by atoms with Gasteiger partial charge in [0.15, 0.2) is 0 Å². The zero-order valence-corrected chi connectivity index (χ0v) is 14.7. The Kier molecular flexibility index (Phi) is 17.9. The summed E-state index contributed by atoms with van der Waals surface area (Å²) in [5.41, 5.74) is 0. The molecule has 0 N–H and O–H groups in total. The third-order valence-electron chi connectivity index (χ3n) is 4.07. The SMILES string of the molecule is CCOC(=O)CCCCCCCCCCCCCCCCF. The molecule has 0 aromatic heterocycles. The van der Waals surface area contributed by atoms with Gasteiger partial charge in [0.25, 0.3) is 0 Å². The van der Waals surface area contributed by atoms with E-state index in [0.29, 0.717) is 13.0 Å². The minimum Gasteiger partial charge on any atom is -0.466 e. The molecule has 0 bridgehead atoms. The van der Waals surface area contributed by atoms with Gasteiger partial charge in [-0.15, -0.1) is 0 Å². The molecule has 2 nitrogen and oxygen atoms in total. The van der Waals surface area contributed by atoms with Crippen molar-refractivity contribution < 1.29 is 13.9 Å². The molecule has 132 valence electrons. The lowest BCUT2D eigenvalue weighted by molar-refractivity contribution is -0.143. The highest BCUT2D eigenvalue weighted by Gasteiger charge is 2.00. The molecule has 0 radical (unpaired) electrons. The molecule has 0 fully saturated rings. The first kappa shape index (κ1) is 21.4. The van der Waals surface area contributed by atoms with Crippen molar-refractivity contribution >= 4 is 5.97 Å². The molecule has 0 aromatic carbocycles. The van der Waals surface area contributed by atoms with Crippen molar-refractivity contribution in [3.8, 4) is 0 Å². The lowest BCUT2D eigenvalue weighted by Gasteiger charge is -2.03. The van der Waals surface area contributed by atoms with Gasteiger partial charge in [0, 0.05) is 6.42 Å². The third-order valence-corrected chi connectivity index (χ3v) is 4.07. The van der Waals surface area contributed by atoms with Crippen LogP contribution in [-0.2, 0) is 9.53 Å². The lowest BCUT2D eigenvalue weighted by atomic mass is 10.0. The van der Waals surface area contributed by atoms with Crippen molar-refractivity contribution in [2.24, 2.45) is 0 Å². The average molecular weight is 317 g/mol. The second-order valence-corrected chi connectivity index (χ2v) is 6.19. The fourth-order valence-electron chi connectivity index (χ4n) is 2.72. The number of unbranched alkanes of at least 4 members (excludes halogenated alkanes) is 13. The van der Waals surface area contributed by atoms with E-state index in [-0.39, 0.29) is 12.6 Å². The molecule has 0 amide bonds. The molecule has 0 unspecified atom stereocenters. The highest BCUT2D eigenvalue weighted by Crippen LogP contribution is 2.13. The number of hydrogen-bond acceptors (Lipinski definition) is 2. The van der Waals surface area contributed by atoms with Crippen molar-refractivity contribution in [2.75, 3.05) is 13.3 Å². The van der Waals surface area contributed by atoms with Crippen LogP contribution in [0.5, 0.6) is 0 Å². The Hall–Kier alpha value is -0.600. The highest BCUT2D eigenvalue weighted by molar-refractivity contribution is 5.69. The summed E-state index contributed by atoms with van der Waals surface area (Å²) < 4.78 is 16.8. The number of rotatable bonds is 17. The summed E-state index contributed by atoms with van der Waals surface area (Å²) in [4.78, 5) is 11.1. The van der Waals surface area contributed by atoms with Crippen LogP contribution >= 0.6 is 0 Å². The fourth-order valence-corrected chi connectivity index (χ4v) is 2.72. The van der Waals surface area contributed by atoms with Gasteiger partial charge in [-0.3, -0.25) is 9.18 Å². The lowest BCUT2D eigenvalue weighted by Crippen LogP contribution is -2.03. The summed E-state index contributed by atoms with van der Waals surface area (Å²) in [5, 5.41) is 0. The van der Waals surface area contributed by atoms with Crippen LogP contribution < -0.4 is 0 Å². The standard InChI is InChI=1S/C19H37FO2/c1-2-22-19(21)17-15-13-11-9-7-5-3-4-6-8-10-12-14-16-18-20/h2-18H2,1H3. The highest BCUT2D eigenvalue weighted by atomic mass is 19.1. The van der Waals surface area contributed by atoms with Crippen molar-refractivity contribution in [1.82, 2.24) is 0 Å². The molecule has 0 rings (SSSR count). The quantitative estimate of drug-likeness (QED) is 0.230. The molecule has 3 heteroatoms. The molecule has 22 heavy (non-hydrogen) atoms. The van der Waals surface area contributed by atoms with E-state index in [1.165, 1.54) is 64.2 Å². The molecule has 0 saturated carbocycles. The Bertz CT molecular complexity index is 231. The van der Waals surface area contributed by atoms with E-state index in [9.17, 15) is 9.18 Å². The minimum absolute atomic E-state index is 0.0489. The van der Waals surface area contributed by atoms with Crippen LogP contribution in [0.25, 0.3) is 0 Å². The van der Waals surface area contributed by atoms with Gasteiger partial charge in [0.05, 0.1) is 13.3 Å². The zero-order chi connectivity index (χ0) is 16.3. The second kappa shape index (κ2) is 18.4. The average Bonchev–Trinajstić information content (AvgIpc) is 2.51. The maximum absolute atomic E-state index is 11.9. The zero-order valence-electron chi connectivity index (χ0n) is 14.7. The number of carbonyl (C=O) groups is 1. The van der Waals surface area contributed by atoms with E-state index in [1.54, 1.807) is 0 Å². The van der Waals surface area contributed by atoms with E-state index < -0.39 is 0 Å². The van der Waals surface area contributed by atoms with Gasteiger partial charge < -0.3 is 4.74 Å². The number of alkyl halides is 1. The van der Waals surface area contributed by atoms with Gasteiger partial charge in [-0.1, -0.05) is 77.0 Å². The van der Waals surface area contributed by atoms with E-state index >= 15 is 0 Å². The van der Waals surface area contributed by atoms with Gasteiger partial charge >= 0.3 is 5.97 Å². The topological polar surface area (TPSA) is 26.3 Å². The normalized spacial score (nSPS) is 10.8. The Balaban J connectivity index is 3.01. The van der Waals surface area contributed by atoms with Gasteiger partial charge in [-0.25, -0.2) is 0 Å². The first-order chi connectivity index (χ1) is 10.8.